The third-order valence-corrected chi connectivity index (χ3v) is 2.67. The smallest absolute Gasteiger partial charge is 0.119 e. The van der Waals surface area contributed by atoms with Gasteiger partial charge in [0, 0.05) is 12.7 Å². The average Bonchev–Trinajstić information content (AvgIpc) is 2.76. The summed E-state index contributed by atoms with van der Waals surface area (Å²) in [5.41, 5.74) is 1.21. The first kappa shape index (κ1) is 12.9. The molecular weight excluding hydrogens is 250 g/mol. The first-order valence-electron chi connectivity index (χ1n) is 5.82. The number of aromatic nitrogens is 2. The number of nitrogens with one attached hydrogen (secondary N) is 1. The minimum atomic E-state index is 0.570. The van der Waals surface area contributed by atoms with Crippen molar-refractivity contribution in [3.05, 3.63) is 47.2 Å². The third-order valence-electron chi connectivity index (χ3n) is 2.47. The Labute approximate surface area is 112 Å². The zero-order chi connectivity index (χ0) is 12.8. The molecule has 0 saturated heterocycles. The summed E-state index contributed by atoms with van der Waals surface area (Å²) in [4.78, 5) is 0. The molecule has 0 saturated carbocycles. The normalized spacial score (nSPS) is 10.6. The Morgan fingerprint density at radius 3 is 3.06 bits per heavy atom. The molecule has 0 aliphatic heterocycles. The minimum absolute atomic E-state index is 0.570. The van der Waals surface area contributed by atoms with Gasteiger partial charge >= 0.3 is 0 Å². The maximum Gasteiger partial charge on any atom is 0.119 e. The second kappa shape index (κ2) is 6.42. The van der Waals surface area contributed by atoms with Crippen LogP contribution in [0.15, 0.2) is 36.7 Å². The van der Waals surface area contributed by atoms with Gasteiger partial charge in [0.25, 0.3) is 0 Å². The molecule has 1 heterocycles. The Hall–Kier alpha value is -1.52. The molecule has 2 aromatic rings. The van der Waals surface area contributed by atoms with Gasteiger partial charge in [-0.05, 0) is 24.7 Å². The third kappa shape index (κ3) is 3.75. The molecule has 0 bridgehead atoms. The molecule has 18 heavy (non-hydrogen) atoms. The van der Waals surface area contributed by atoms with Crippen molar-refractivity contribution in [1.82, 2.24) is 15.1 Å². The van der Waals surface area contributed by atoms with E-state index in [4.69, 9.17) is 16.3 Å². The average molecular weight is 266 g/mol. The molecule has 0 fully saturated rings. The van der Waals surface area contributed by atoms with Crippen molar-refractivity contribution in [1.29, 1.82) is 0 Å². The predicted molar refractivity (Wildman–Crippen MR) is 71.9 cm³/mol. The van der Waals surface area contributed by atoms with E-state index in [9.17, 15) is 0 Å². The molecule has 2 rings (SSSR count). The highest BCUT2D eigenvalue weighted by Crippen LogP contribution is 2.13. The van der Waals surface area contributed by atoms with Gasteiger partial charge in [-0.1, -0.05) is 23.7 Å². The van der Waals surface area contributed by atoms with Gasteiger partial charge in [0.15, 0.2) is 0 Å². The second-order valence-corrected chi connectivity index (χ2v) is 4.38. The van der Waals surface area contributed by atoms with Crippen molar-refractivity contribution in [3.8, 4) is 5.75 Å². The summed E-state index contributed by atoms with van der Waals surface area (Å²) in [5, 5.41) is 7.84. The minimum Gasteiger partial charge on any atom is -0.492 e. The quantitative estimate of drug-likeness (QED) is 0.871. The van der Waals surface area contributed by atoms with Crippen molar-refractivity contribution in [2.75, 3.05) is 13.7 Å². The predicted octanol–water partition coefficient (Wildman–Crippen LogP) is 2.33. The van der Waals surface area contributed by atoms with Crippen LogP contribution in [0, 0.1) is 0 Å². The van der Waals surface area contributed by atoms with E-state index in [-0.39, 0.29) is 0 Å². The van der Waals surface area contributed by atoms with E-state index in [0.29, 0.717) is 18.2 Å². The number of hydrogen-bond donors (Lipinski definition) is 1. The molecule has 0 aliphatic carbocycles. The number of benzene rings is 1. The Morgan fingerprint density at radius 2 is 2.33 bits per heavy atom. The highest BCUT2D eigenvalue weighted by molar-refractivity contribution is 6.30. The van der Waals surface area contributed by atoms with Gasteiger partial charge in [-0.2, -0.15) is 5.10 Å². The van der Waals surface area contributed by atoms with Crippen LogP contribution in [0.3, 0.4) is 0 Å². The van der Waals surface area contributed by atoms with Crippen molar-refractivity contribution in [2.45, 2.75) is 13.1 Å². The fourth-order valence-electron chi connectivity index (χ4n) is 1.67. The molecule has 1 aromatic heterocycles. The van der Waals surface area contributed by atoms with Crippen LogP contribution < -0.4 is 10.1 Å². The second-order valence-electron chi connectivity index (χ2n) is 3.95. The fraction of sp³-hybridized carbons (Fsp3) is 0.308. The number of hydrogen-bond acceptors (Lipinski definition) is 3. The highest BCUT2D eigenvalue weighted by atomic mass is 35.5. The van der Waals surface area contributed by atoms with E-state index in [2.05, 4.69) is 16.5 Å². The molecule has 5 heteroatoms. The van der Waals surface area contributed by atoms with E-state index in [1.807, 2.05) is 25.2 Å². The standard InChI is InChI=1S/C13H16ClN3O/c1-15-8-11-3-2-4-13(7-11)18-6-5-17-10-12(14)9-16-17/h2-4,7,9-10,15H,5-6,8H2,1H3. The molecule has 0 atom stereocenters. The molecular formula is C13H16ClN3O. The summed E-state index contributed by atoms with van der Waals surface area (Å²) in [7, 11) is 1.93. The van der Waals surface area contributed by atoms with Crippen LogP contribution >= 0.6 is 11.6 Å². The number of halogens is 1. The summed E-state index contributed by atoms with van der Waals surface area (Å²) >= 11 is 5.78. The Balaban J connectivity index is 1.84. The molecule has 0 spiro atoms. The van der Waals surface area contributed by atoms with Crippen LogP contribution in [-0.4, -0.2) is 23.4 Å². The van der Waals surface area contributed by atoms with Gasteiger partial charge in [-0.25, -0.2) is 0 Å². The molecule has 0 amide bonds. The Kier molecular flexibility index (Phi) is 4.61. The van der Waals surface area contributed by atoms with Gasteiger partial charge in [-0.15, -0.1) is 0 Å². The number of nitrogens with zero attached hydrogens (tertiary/aromatic N) is 2. The van der Waals surface area contributed by atoms with Crippen molar-refractivity contribution in [2.24, 2.45) is 0 Å². The summed E-state index contributed by atoms with van der Waals surface area (Å²) in [5.74, 6) is 0.876. The molecule has 1 N–H and O–H groups in total. The summed E-state index contributed by atoms with van der Waals surface area (Å²) in [6.07, 6.45) is 3.40. The van der Waals surface area contributed by atoms with Crippen molar-refractivity contribution in [3.63, 3.8) is 0 Å². The summed E-state index contributed by atoms with van der Waals surface area (Å²) in [6, 6.07) is 8.05. The molecule has 0 radical (unpaired) electrons. The van der Waals surface area contributed by atoms with Gasteiger partial charge in [-0.3, -0.25) is 4.68 Å². The lowest BCUT2D eigenvalue weighted by Crippen LogP contribution is -2.09. The fourth-order valence-corrected chi connectivity index (χ4v) is 1.82. The van der Waals surface area contributed by atoms with Crippen LogP contribution in [0.4, 0.5) is 0 Å². The lowest BCUT2D eigenvalue weighted by Gasteiger charge is -2.08. The first-order valence-corrected chi connectivity index (χ1v) is 6.20. The largest absolute Gasteiger partial charge is 0.492 e. The van der Waals surface area contributed by atoms with E-state index in [0.717, 1.165) is 12.3 Å². The Morgan fingerprint density at radius 1 is 1.44 bits per heavy atom. The Bertz CT molecular complexity index is 498. The highest BCUT2D eigenvalue weighted by Gasteiger charge is 1.98. The van der Waals surface area contributed by atoms with Crippen LogP contribution in [-0.2, 0) is 13.1 Å². The first-order chi connectivity index (χ1) is 8.78. The van der Waals surface area contributed by atoms with Crippen LogP contribution in [0.25, 0.3) is 0 Å². The van der Waals surface area contributed by atoms with Crippen LogP contribution in [0.5, 0.6) is 5.75 Å². The zero-order valence-electron chi connectivity index (χ0n) is 10.3. The van der Waals surface area contributed by atoms with Gasteiger partial charge < -0.3 is 10.1 Å². The van der Waals surface area contributed by atoms with Gasteiger partial charge in [0.1, 0.15) is 12.4 Å². The molecule has 0 aliphatic rings. The van der Waals surface area contributed by atoms with E-state index in [1.54, 1.807) is 17.1 Å². The van der Waals surface area contributed by atoms with E-state index < -0.39 is 0 Å². The van der Waals surface area contributed by atoms with Crippen molar-refractivity contribution >= 4 is 11.6 Å². The van der Waals surface area contributed by atoms with Crippen molar-refractivity contribution < 1.29 is 4.74 Å². The van der Waals surface area contributed by atoms with Crippen LogP contribution in [0.2, 0.25) is 5.02 Å². The van der Waals surface area contributed by atoms with Crippen LogP contribution in [0.1, 0.15) is 5.56 Å². The lowest BCUT2D eigenvalue weighted by atomic mass is 10.2. The monoisotopic (exact) mass is 265 g/mol. The maximum atomic E-state index is 5.78. The SMILES string of the molecule is CNCc1cccc(OCCn2cc(Cl)cn2)c1. The lowest BCUT2D eigenvalue weighted by molar-refractivity contribution is 0.291. The van der Waals surface area contributed by atoms with E-state index in [1.165, 1.54) is 5.56 Å². The molecule has 96 valence electrons. The molecule has 4 nitrogen and oxygen atoms in total. The van der Waals surface area contributed by atoms with E-state index >= 15 is 0 Å². The zero-order valence-corrected chi connectivity index (χ0v) is 11.0. The maximum absolute atomic E-state index is 5.78. The number of ether oxygens (including phenoxy) is 1. The summed E-state index contributed by atoms with van der Waals surface area (Å²) < 4.78 is 7.44. The molecule has 1 aromatic carbocycles. The van der Waals surface area contributed by atoms with Gasteiger partial charge in [0.2, 0.25) is 0 Å². The topological polar surface area (TPSA) is 39.1 Å². The molecule has 0 unspecified atom stereocenters. The number of rotatable bonds is 6. The summed E-state index contributed by atoms with van der Waals surface area (Å²) in [6.45, 7) is 2.09. The van der Waals surface area contributed by atoms with Gasteiger partial charge in [0.05, 0.1) is 17.8 Å².